The minimum atomic E-state index is -1.32. The normalized spacial score (nSPS) is 18.6. The second-order valence-electron chi connectivity index (χ2n) is 8.17. The van der Waals surface area contributed by atoms with Gasteiger partial charge in [-0.05, 0) is 66.3 Å². The van der Waals surface area contributed by atoms with E-state index in [2.05, 4.69) is 28.2 Å². The Morgan fingerprint density at radius 1 is 1.45 bits per heavy atom. The minimum Gasteiger partial charge on any atom is -0.616 e. The van der Waals surface area contributed by atoms with E-state index in [-0.39, 0.29) is 29.7 Å². The van der Waals surface area contributed by atoms with E-state index >= 15 is 0 Å². The molecule has 0 spiro atoms. The average Bonchev–Trinajstić information content (AvgIpc) is 3.24. The van der Waals surface area contributed by atoms with Crippen LogP contribution in [0.3, 0.4) is 0 Å². The van der Waals surface area contributed by atoms with Crippen LogP contribution >= 0.6 is 0 Å². The molecule has 0 saturated carbocycles. The van der Waals surface area contributed by atoms with Gasteiger partial charge in [-0.3, -0.25) is 14.7 Å². The molecule has 1 aliphatic rings. The van der Waals surface area contributed by atoms with Crippen molar-refractivity contribution in [2.75, 3.05) is 25.4 Å². The average molecular weight is 446 g/mol. The number of likely N-dealkylation sites (tertiary alicyclic amines) is 1. The summed E-state index contributed by atoms with van der Waals surface area (Å²) in [5, 5.41) is 12.7. The van der Waals surface area contributed by atoms with Crippen LogP contribution in [0.25, 0.3) is 0 Å². The molecular weight excluding hydrogens is 414 g/mol. The molecule has 1 fully saturated rings. The van der Waals surface area contributed by atoms with Crippen LogP contribution in [0, 0.1) is 5.92 Å². The first kappa shape index (κ1) is 23.4. The van der Waals surface area contributed by atoms with Crippen LogP contribution in [-0.2, 0) is 34.7 Å². The van der Waals surface area contributed by atoms with E-state index in [0.717, 1.165) is 36.8 Å². The fourth-order valence-electron chi connectivity index (χ4n) is 3.72. The number of allylic oxidation sites excluding steroid dienone is 1. The van der Waals surface area contributed by atoms with Crippen LogP contribution in [-0.4, -0.2) is 50.8 Å². The number of rotatable bonds is 10. The lowest BCUT2D eigenvalue weighted by atomic mass is 10.00. The van der Waals surface area contributed by atoms with Gasteiger partial charge in [0.2, 0.25) is 0 Å². The highest BCUT2D eigenvalue weighted by Gasteiger charge is 2.17. The molecule has 3 heterocycles. The van der Waals surface area contributed by atoms with Crippen molar-refractivity contribution in [1.82, 2.24) is 15.2 Å². The van der Waals surface area contributed by atoms with E-state index < -0.39 is 11.2 Å². The van der Waals surface area contributed by atoms with Crippen molar-refractivity contribution in [2.24, 2.45) is 5.92 Å². The fourth-order valence-corrected chi connectivity index (χ4v) is 4.75. The summed E-state index contributed by atoms with van der Waals surface area (Å²) in [4.78, 5) is 18.8. The number of carbonyl (C=O) groups excluding carboxylic acids is 1. The van der Waals surface area contributed by atoms with Gasteiger partial charge in [-0.1, -0.05) is 6.92 Å². The molecule has 0 bridgehead atoms. The summed E-state index contributed by atoms with van der Waals surface area (Å²) >= 11 is -1.32. The van der Waals surface area contributed by atoms with E-state index in [1.165, 1.54) is 30.9 Å². The maximum Gasteiger partial charge on any atom is 0.270 e. The lowest BCUT2D eigenvalue weighted by Crippen LogP contribution is -2.33. The molecule has 0 aromatic carbocycles. The predicted octanol–water partition coefficient (Wildman–Crippen LogP) is 2.96. The lowest BCUT2D eigenvalue weighted by Gasteiger charge is -2.30. The molecule has 2 atom stereocenters. The van der Waals surface area contributed by atoms with Gasteiger partial charge in [0.15, 0.2) is 5.75 Å². The monoisotopic (exact) mass is 445 g/mol. The van der Waals surface area contributed by atoms with Crippen molar-refractivity contribution in [3.8, 4) is 0 Å². The number of nitrogens with zero attached hydrogens (tertiary/aromatic N) is 2. The highest BCUT2D eigenvalue weighted by molar-refractivity contribution is 7.91. The number of carbonyl (C=O) groups is 1. The third kappa shape index (κ3) is 8.40. The Morgan fingerprint density at radius 3 is 3.10 bits per heavy atom. The molecule has 3 rings (SSSR count). The van der Waals surface area contributed by atoms with Crippen molar-refractivity contribution in [1.29, 1.82) is 0 Å². The van der Waals surface area contributed by atoms with Gasteiger partial charge in [-0.2, -0.15) is 0 Å². The van der Waals surface area contributed by atoms with Crippen LogP contribution in [0.1, 0.15) is 36.6 Å². The first-order valence-corrected chi connectivity index (χ1v) is 12.1. The smallest absolute Gasteiger partial charge is 0.270 e. The molecule has 2 N–H and O–H groups in total. The van der Waals surface area contributed by atoms with Gasteiger partial charge in [0.25, 0.3) is 5.91 Å². The summed E-state index contributed by atoms with van der Waals surface area (Å²) in [6.07, 6.45) is 9.52. The van der Waals surface area contributed by atoms with Crippen LogP contribution in [0.15, 0.2) is 53.2 Å². The Morgan fingerprint density at radius 2 is 2.32 bits per heavy atom. The molecule has 0 aliphatic carbocycles. The SMILES string of the molecule is CC1CCCN(Cc2ccnc(CC=C(O)CNC(=O)C[S+]([O-])Cc3ccoc3)c2)C1. The molecule has 1 amide bonds. The Bertz CT molecular complexity index is 856. The Labute approximate surface area is 186 Å². The number of furan rings is 1. The summed E-state index contributed by atoms with van der Waals surface area (Å²) in [5.41, 5.74) is 2.89. The van der Waals surface area contributed by atoms with Gasteiger partial charge in [0.05, 0.1) is 19.1 Å². The summed E-state index contributed by atoms with van der Waals surface area (Å²) in [6, 6.07) is 5.83. The molecule has 1 aliphatic heterocycles. The number of piperidine rings is 1. The quantitative estimate of drug-likeness (QED) is 0.431. The Balaban J connectivity index is 1.40. The van der Waals surface area contributed by atoms with Crippen molar-refractivity contribution in [3.05, 3.63) is 65.6 Å². The maximum absolute atomic E-state index is 12.0. The molecule has 1 saturated heterocycles. The van der Waals surface area contributed by atoms with E-state index in [4.69, 9.17) is 4.42 Å². The maximum atomic E-state index is 12.0. The third-order valence-corrected chi connectivity index (χ3v) is 6.48. The minimum absolute atomic E-state index is 0.00704. The molecule has 8 heteroatoms. The number of aromatic nitrogens is 1. The van der Waals surface area contributed by atoms with E-state index in [1.807, 2.05) is 6.07 Å². The molecule has 168 valence electrons. The second kappa shape index (κ2) is 11.9. The molecule has 31 heavy (non-hydrogen) atoms. The van der Waals surface area contributed by atoms with Crippen LogP contribution in [0.5, 0.6) is 0 Å². The molecule has 2 unspecified atom stereocenters. The van der Waals surface area contributed by atoms with E-state index in [1.54, 1.807) is 18.3 Å². The molecule has 0 radical (unpaired) electrons. The highest BCUT2D eigenvalue weighted by Crippen LogP contribution is 2.18. The molecule has 2 aromatic rings. The number of aliphatic hydroxyl groups is 1. The zero-order chi connectivity index (χ0) is 22.1. The number of aliphatic hydroxyl groups excluding tert-OH is 1. The number of hydrogen-bond donors (Lipinski definition) is 2. The summed E-state index contributed by atoms with van der Waals surface area (Å²) < 4.78 is 16.9. The van der Waals surface area contributed by atoms with Crippen molar-refractivity contribution in [2.45, 2.75) is 38.5 Å². The van der Waals surface area contributed by atoms with E-state index in [0.29, 0.717) is 6.42 Å². The zero-order valence-corrected chi connectivity index (χ0v) is 18.8. The number of amides is 1. The number of pyridine rings is 1. The Kier molecular flexibility index (Phi) is 8.99. The first-order chi connectivity index (χ1) is 15.0. The highest BCUT2D eigenvalue weighted by atomic mass is 32.2. The van der Waals surface area contributed by atoms with Crippen LogP contribution in [0.4, 0.5) is 0 Å². The first-order valence-electron chi connectivity index (χ1n) is 10.6. The van der Waals surface area contributed by atoms with Crippen LogP contribution in [0.2, 0.25) is 0 Å². The van der Waals surface area contributed by atoms with Gasteiger partial charge in [-0.25, -0.2) is 0 Å². The predicted molar refractivity (Wildman–Crippen MR) is 121 cm³/mol. The number of hydrogen-bond acceptors (Lipinski definition) is 6. The fraction of sp³-hybridized carbons (Fsp3) is 0.478. The largest absolute Gasteiger partial charge is 0.616 e. The van der Waals surface area contributed by atoms with Crippen molar-refractivity contribution >= 4 is 17.1 Å². The van der Waals surface area contributed by atoms with E-state index in [9.17, 15) is 14.5 Å². The topological polar surface area (TPSA) is 102 Å². The van der Waals surface area contributed by atoms with Crippen molar-refractivity contribution in [3.63, 3.8) is 0 Å². The summed E-state index contributed by atoms with van der Waals surface area (Å²) in [5.74, 6) is 0.596. The van der Waals surface area contributed by atoms with Gasteiger partial charge in [-0.15, -0.1) is 0 Å². The van der Waals surface area contributed by atoms with Gasteiger partial charge >= 0.3 is 0 Å². The lowest BCUT2D eigenvalue weighted by molar-refractivity contribution is -0.118. The van der Waals surface area contributed by atoms with Gasteiger partial charge < -0.3 is 19.4 Å². The molecule has 2 aromatic heterocycles. The van der Waals surface area contributed by atoms with Crippen LogP contribution < -0.4 is 5.32 Å². The second-order valence-corrected chi connectivity index (χ2v) is 9.63. The molecular formula is C23H31N3O4S. The van der Waals surface area contributed by atoms with Gasteiger partial charge in [0, 0.05) is 37.0 Å². The van der Waals surface area contributed by atoms with Gasteiger partial charge in [0.1, 0.15) is 11.5 Å². The third-order valence-electron chi connectivity index (χ3n) is 5.24. The number of nitrogens with one attached hydrogen (secondary N) is 1. The van der Waals surface area contributed by atoms with Crippen molar-refractivity contribution < 1.29 is 18.9 Å². The standard InChI is InChI=1S/C23H31N3O4S/c1-18-3-2-9-26(13-18)14-19-6-8-24-21(11-19)4-5-22(27)12-25-23(28)17-31(29)16-20-7-10-30-15-20/h5-8,10-11,15,18,27H,2-4,9,12-14,16-17H2,1H3,(H,25,28). The summed E-state index contributed by atoms with van der Waals surface area (Å²) in [7, 11) is 0. The Hall–Kier alpha value is -2.29. The zero-order valence-electron chi connectivity index (χ0n) is 18.0. The molecule has 7 nitrogen and oxygen atoms in total. The summed E-state index contributed by atoms with van der Waals surface area (Å²) in [6.45, 7) is 5.49.